The molecule has 2 fully saturated rings. The quantitative estimate of drug-likeness (QED) is 0.409. The lowest BCUT2D eigenvalue weighted by Crippen LogP contribution is -2.37. The van der Waals surface area contributed by atoms with Crippen molar-refractivity contribution in [1.82, 2.24) is 25.1 Å². The summed E-state index contributed by atoms with van der Waals surface area (Å²) in [7, 11) is 0. The molecule has 0 bridgehead atoms. The molecule has 1 aromatic heterocycles. The fraction of sp³-hybridized carbons (Fsp3) is 0.500. The highest BCUT2D eigenvalue weighted by molar-refractivity contribution is 6.30. The van der Waals surface area contributed by atoms with Crippen molar-refractivity contribution in [2.75, 3.05) is 13.2 Å². The number of halogens is 2. The Morgan fingerprint density at radius 3 is 2.47 bits per heavy atom. The molecule has 6 nitrogen and oxygen atoms in total. The standard InChI is InChI=1S/C26H31ClFN5O/c27-21-12-8-19(9-13-21)17-32(18-24-7-4-16-34-24)25(20-10-14-22(28)15-11-20)26-29-30-31-33(26)23-5-2-1-3-6-23/h8-15,23-25H,1-7,16-18H2/t24-,25+/m0/s1. The minimum absolute atomic E-state index is 0.147. The predicted octanol–water partition coefficient (Wildman–Crippen LogP) is 5.74. The molecular weight excluding hydrogens is 453 g/mol. The zero-order valence-corrected chi connectivity index (χ0v) is 20.1. The van der Waals surface area contributed by atoms with Crippen molar-refractivity contribution in [3.8, 4) is 0 Å². The molecule has 0 N–H and O–H groups in total. The van der Waals surface area contributed by atoms with Crippen molar-refractivity contribution in [3.63, 3.8) is 0 Å². The van der Waals surface area contributed by atoms with Gasteiger partial charge in [-0.15, -0.1) is 5.10 Å². The van der Waals surface area contributed by atoms with Gasteiger partial charge in [0.25, 0.3) is 0 Å². The third-order valence-electron chi connectivity index (χ3n) is 7.00. The molecule has 2 aliphatic rings. The second-order valence-electron chi connectivity index (χ2n) is 9.42. The van der Waals surface area contributed by atoms with Crippen molar-refractivity contribution in [3.05, 3.63) is 76.3 Å². The van der Waals surface area contributed by atoms with Gasteiger partial charge in [-0.1, -0.05) is 55.1 Å². The van der Waals surface area contributed by atoms with E-state index in [0.29, 0.717) is 17.6 Å². The van der Waals surface area contributed by atoms with Crippen LogP contribution in [0.2, 0.25) is 5.02 Å². The number of aromatic nitrogens is 4. The number of tetrazole rings is 1. The number of ether oxygens (including phenoxy) is 1. The number of hydrogen-bond donors (Lipinski definition) is 0. The molecule has 3 aromatic rings. The molecule has 5 rings (SSSR count). The molecule has 0 amide bonds. The van der Waals surface area contributed by atoms with E-state index in [1.807, 2.05) is 28.9 Å². The van der Waals surface area contributed by atoms with Gasteiger partial charge in [-0.2, -0.15) is 0 Å². The van der Waals surface area contributed by atoms with Gasteiger partial charge in [-0.25, -0.2) is 9.07 Å². The number of rotatable bonds is 8. The third-order valence-corrected chi connectivity index (χ3v) is 7.25. The Morgan fingerprint density at radius 1 is 1.00 bits per heavy atom. The molecule has 1 aliphatic heterocycles. The van der Waals surface area contributed by atoms with Gasteiger partial charge in [0.2, 0.25) is 0 Å². The van der Waals surface area contributed by atoms with E-state index in [4.69, 9.17) is 16.3 Å². The average Bonchev–Trinajstić information content (AvgIpc) is 3.55. The van der Waals surface area contributed by atoms with Gasteiger partial charge >= 0.3 is 0 Å². The summed E-state index contributed by atoms with van der Waals surface area (Å²) in [6.07, 6.45) is 8.05. The average molecular weight is 484 g/mol. The lowest BCUT2D eigenvalue weighted by molar-refractivity contribution is 0.0569. The van der Waals surface area contributed by atoms with E-state index in [0.717, 1.165) is 55.8 Å². The second-order valence-corrected chi connectivity index (χ2v) is 9.85. The van der Waals surface area contributed by atoms with Gasteiger partial charge in [0, 0.05) is 24.7 Å². The summed E-state index contributed by atoms with van der Waals surface area (Å²) >= 11 is 6.15. The van der Waals surface area contributed by atoms with Crippen LogP contribution < -0.4 is 0 Å². The Kier molecular flexibility index (Phi) is 7.52. The van der Waals surface area contributed by atoms with Gasteiger partial charge in [0.15, 0.2) is 5.82 Å². The normalized spacial score (nSPS) is 20.1. The van der Waals surface area contributed by atoms with Crippen molar-refractivity contribution >= 4 is 11.6 Å². The van der Waals surface area contributed by atoms with Crippen LogP contribution in [0.5, 0.6) is 0 Å². The highest BCUT2D eigenvalue weighted by Crippen LogP contribution is 2.35. The van der Waals surface area contributed by atoms with Crippen LogP contribution in [-0.2, 0) is 11.3 Å². The molecule has 1 saturated heterocycles. The van der Waals surface area contributed by atoms with Crippen LogP contribution >= 0.6 is 11.6 Å². The molecule has 2 aromatic carbocycles. The lowest BCUT2D eigenvalue weighted by atomic mass is 9.95. The third kappa shape index (κ3) is 5.48. The molecule has 1 saturated carbocycles. The van der Waals surface area contributed by atoms with Crippen LogP contribution in [-0.4, -0.2) is 44.4 Å². The van der Waals surface area contributed by atoms with E-state index in [1.165, 1.54) is 31.4 Å². The van der Waals surface area contributed by atoms with Crippen LogP contribution in [0.1, 0.15) is 74.0 Å². The second kappa shape index (κ2) is 10.9. The highest BCUT2D eigenvalue weighted by Gasteiger charge is 2.33. The molecule has 0 unspecified atom stereocenters. The van der Waals surface area contributed by atoms with E-state index in [-0.39, 0.29) is 18.0 Å². The Labute approximate surface area is 205 Å². The molecule has 8 heteroatoms. The molecule has 34 heavy (non-hydrogen) atoms. The minimum atomic E-state index is -0.252. The predicted molar refractivity (Wildman–Crippen MR) is 129 cm³/mol. The van der Waals surface area contributed by atoms with Crippen molar-refractivity contribution in [2.45, 2.75) is 69.7 Å². The number of hydrogen-bond acceptors (Lipinski definition) is 5. The molecule has 2 atom stereocenters. The maximum atomic E-state index is 13.9. The first-order valence-corrected chi connectivity index (χ1v) is 12.7. The summed E-state index contributed by atoms with van der Waals surface area (Å²) < 4.78 is 21.9. The summed E-state index contributed by atoms with van der Waals surface area (Å²) in [6.45, 7) is 2.21. The highest BCUT2D eigenvalue weighted by atomic mass is 35.5. The zero-order chi connectivity index (χ0) is 23.3. The van der Waals surface area contributed by atoms with E-state index in [1.54, 1.807) is 0 Å². The van der Waals surface area contributed by atoms with Crippen LogP contribution in [0, 0.1) is 5.82 Å². The Morgan fingerprint density at radius 2 is 1.76 bits per heavy atom. The van der Waals surface area contributed by atoms with Gasteiger partial charge in [-0.3, -0.25) is 4.90 Å². The lowest BCUT2D eigenvalue weighted by Gasteiger charge is -2.34. The first kappa shape index (κ1) is 23.4. The summed E-state index contributed by atoms with van der Waals surface area (Å²) in [5, 5.41) is 13.8. The van der Waals surface area contributed by atoms with Crippen LogP contribution in [0.15, 0.2) is 48.5 Å². The first-order valence-electron chi connectivity index (χ1n) is 12.3. The molecule has 0 radical (unpaired) electrons. The first-order chi connectivity index (χ1) is 16.7. The summed E-state index contributed by atoms with van der Waals surface area (Å²) in [6, 6.07) is 14.7. The maximum Gasteiger partial charge on any atom is 0.173 e. The zero-order valence-electron chi connectivity index (χ0n) is 19.3. The molecule has 180 valence electrons. The monoisotopic (exact) mass is 483 g/mol. The molecule has 0 spiro atoms. The number of nitrogens with zero attached hydrogens (tertiary/aromatic N) is 5. The summed E-state index contributed by atoms with van der Waals surface area (Å²) in [5.74, 6) is 0.559. The van der Waals surface area contributed by atoms with E-state index in [9.17, 15) is 4.39 Å². The van der Waals surface area contributed by atoms with Crippen LogP contribution in [0.4, 0.5) is 4.39 Å². The van der Waals surface area contributed by atoms with E-state index >= 15 is 0 Å². The SMILES string of the molecule is Fc1ccc([C@H](c2nnnn2C2CCCCC2)N(Cc2ccc(Cl)cc2)C[C@@H]2CCCO2)cc1. The van der Waals surface area contributed by atoms with Crippen molar-refractivity contribution < 1.29 is 9.13 Å². The Hall–Kier alpha value is -2.35. The minimum Gasteiger partial charge on any atom is -0.377 e. The van der Waals surface area contributed by atoms with Crippen LogP contribution in [0.3, 0.4) is 0 Å². The van der Waals surface area contributed by atoms with E-state index in [2.05, 4.69) is 32.6 Å². The van der Waals surface area contributed by atoms with Gasteiger partial charge < -0.3 is 4.74 Å². The maximum absolute atomic E-state index is 13.9. The molecular formula is C26H31ClFN5O. The Bertz CT molecular complexity index is 1050. The van der Waals surface area contributed by atoms with E-state index < -0.39 is 0 Å². The van der Waals surface area contributed by atoms with Crippen molar-refractivity contribution in [2.24, 2.45) is 0 Å². The topological polar surface area (TPSA) is 56.1 Å². The fourth-order valence-electron chi connectivity index (χ4n) is 5.27. The smallest absolute Gasteiger partial charge is 0.173 e. The molecule has 2 heterocycles. The largest absolute Gasteiger partial charge is 0.377 e. The Balaban J connectivity index is 1.55. The summed E-state index contributed by atoms with van der Waals surface area (Å²) in [5.41, 5.74) is 2.12. The van der Waals surface area contributed by atoms with Gasteiger partial charge in [-0.05, 0) is 71.5 Å². The van der Waals surface area contributed by atoms with Gasteiger partial charge in [0.1, 0.15) is 5.82 Å². The number of benzene rings is 2. The molecule has 1 aliphatic carbocycles. The fourth-order valence-corrected chi connectivity index (χ4v) is 5.40. The van der Waals surface area contributed by atoms with Gasteiger partial charge in [0.05, 0.1) is 18.2 Å². The van der Waals surface area contributed by atoms with Crippen molar-refractivity contribution in [1.29, 1.82) is 0 Å². The van der Waals surface area contributed by atoms with Crippen LogP contribution in [0.25, 0.3) is 0 Å². The summed E-state index contributed by atoms with van der Waals surface area (Å²) in [4.78, 5) is 2.37.